The van der Waals surface area contributed by atoms with E-state index in [0.29, 0.717) is 24.7 Å². The molecule has 6 heteroatoms. The number of aliphatic carboxylic acids is 1. The van der Waals surface area contributed by atoms with E-state index in [-0.39, 0.29) is 6.42 Å². The molecule has 180 valence electrons. The molecular formula is C28H33NO5. The van der Waals surface area contributed by atoms with Gasteiger partial charge in [-0.1, -0.05) is 49.1 Å². The molecule has 4 rings (SSSR count). The lowest BCUT2D eigenvalue weighted by atomic mass is 9.89. The van der Waals surface area contributed by atoms with Crippen molar-refractivity contribution >= 4 is 5.97 Å². The van der Waals surface area contributed by atoms with Gasteiger partial charge in [-0.25, -0.2) is 9.78 Å². The highest BCUT2D eigenvalue weighted by atomic mass is 16.5. The number of rotatable bonds is 10. The van der Waals surface area contributed by atoms with Gasteiger partial charge in [0, 0.05) is 18.8 Å². The number of oxazole rings is 1. The molecule has 0 amide bonds. The molecule has 0 bridgehead atoms. The fourth-order valence-electron chi connectivity index (χ4n) is 4.37. The van der Waals surface area contributed by atoms with E-state index in [9.17, 15) is 9.90 Å². The summed E-state index contributed by atoms with van der Waals surface area (Å²) in [6, 6.07) is 14.9. The average molecular weight is 464 g/mol. The van der Waals surface area contributed by atoms with Crippen LogP contribution in [0.4, 0.5) is 0 Å². The lowest BCUT2D eigenvalue weighted by molar-refractivity contribution is -0.145. The van der Waals surface area contributed by atoms with Gasteiger partial charge in [-0.05, 0) is 56.5 Å². The number of carboxylic acid groups (broad SMARTS) is 1. The van der Waals surface area contributed by atoms with Crippen LogP contribution in [0.15, 0.2) is 52.9 Å². The summed E-state index contributed by atoms with van der Waals surface area (Å²) in [7, 11) is 0. The van der Waals surface area contributed by atoms with Crippen molar-refractivity contribution in [1.29, 1.82) is 0 Å². The van der Waals surface area contributed by atoms with Crippen LogP contribution in [-0.4, -0.2) is 28.8 Å². The lowest BCUT2D eigenvalue weighted by Gasteiger charge is -2.17. The third kappa shape index (κ3) is 6.40. The van der Waals surface area contributed by atoms with Gasteiger partial charge in [0.2, 0.25) is 0 Å². The number of benzene rings is 2. The number of carboxylic acids is 1. The SMILES string of the molecule is Cc1ccc(O[C@@H](Cc2ccc(OCCc3nc(C4CCCCC4)oc3C)cc2)C(=O)O)cc1. The maximum absolute atomic E-state index is 11.7. The zero-order valence-corrected chi connectivity index (χ0v) is 20.0. The fraction of sp³-hybridized carbons (Fsp3) is 0.429. The predicted molar refractivity (Wildman–Crippen MR) is 130 cm³/mol. The smallest absolute Gasteiger partial charge is 0.345 e. The third-order valence-corrected chi connectivity index (χ3v) is 6.39. The molecule has 1 fully saturated rings. The van der Waals surface area contributed by atoms with Crippen molar-refractivity contribution in [3.63, 3.8) is 0 Å². The van der Waals surface area contributed by atoms with Crippen LogP contribution in [-0.2, 0) is 17.6 Å². The Labute approximate surface area is 200 Å². The van der Waals surface area contributed by atoms with Gasteiger partial charge in [0.1, 0.15) is 17.3 Å². The van der Waals surface area contributed by atoms with Gasteiger partial charge in [0.25, 0.3) is 0 Å². The van der Waals surface area contributed by atoms with Gasteiger partial charge >= 0.3 is 5.97 Å². The Hall–Kier alpha value is -3.28. The first kappa shape index (κ1) is 23.9. The first-order chi connectivity index (χ1) is 16.5. The van der Waals surface area contributed by atoms with E-state index >= 15 is 0 Å². The van der Waals surface area contributed by atoms with Crippen molar-refractivity contribution in [3.8, 4) is 11.5 Å². The Morgan fingerprint density at radius 1 is 1.03 bits per heavy atom. The molecule has 1 heterocycles. The van der Waals surface area contributed by atoms with E-state index in [4.69, 9.17) is 18.9 Å². The zero-order chi connectivity index (χ0) is 23.9. The number of ether oxygens (including phenoxy) is 2. The van der Waals surface area contributed by atoms with E-state index < -0.39 is 12.1 Å². The molecule has 0 saturated heterocycles. The number of hydrogen-bond acceptors (Lipinski definition) is 5. The summed E-state index contributed by atoms with van der Waals surface area (Å²) >= 11 is 0. The molecule has 0 aliphatic heterocycles. The standard InChI is InChI=1S/C28H33NO5/c1-19-8-12-24(13-9-19)34-26(28(30)31)18-21-10-14-23(15-11-21)32-17-16-25-20(2)33-27(29-25)22-6-4-3-5-7-22/h8-15,22,26H,3-7,16-18H2,1-2H3,(H,30,31)/t26-/m0/s1. The second-order valence-corrected chi connectivity index (χ2v) is 9.09. The molecule has 0 radical (unpaired) electrons. The minimum absolute atomic E-state index is 0.269. The topological polar surface area (TPSA) is 81.8 Å². The van der Waals surface area contributed by atoms with E-state index in [1.54, 1.807) is 12.1 Å². The molecule has 1 aromatic heterocycles. The normalized spacial score (nSPS) is 15.1. The predicted octanol–water partition coefficient (Wildman–Crippen LogP) is 6.04. The molecule has 1 atom stereocenters. The average Bonchev–Trinajstić information content (AvgIpc) is 3.22. The summed E-state index contributed by atoms with van der Waals surface area (Å²) in [5.74, 6) is 2.53. The van der Waals surface area contributed by atoms with Crippen LogP contribution in [0, 0.1) is 13.8 Å². The van der Waals surface area contributed by atoms with Crippen LogP contribution >= 0.6 is 0 Å². The van der Waals surface area contributed by atoms with Crippen molar-refractivity contribution < 1.29 is 23.8 Å². The first-order valence-corrected chi connectivity index (χ1v) is 12.1. The number of aryl methyl sites for hydroxylation is 2. The van der Waals surface area contributed by atoms with Crippen LogP contribution in [0.2, 0.25) is 0 Å². The highest BCUT2D eigenvalue weighted by molar-refractivity contribution is 5.73. The minimum Gasteiger partial charge on any atom is -0.493 e. The van der Waals surface area contributed by atoms with Gasteiger partial charge in [-0.3, -0.25) is 0 Å². The van der Waals surface area contributed by atoms with E-state index in [0.717, 1.165) is 34.2 Å². The molecule has 6 nitrogen and oxygen atoms in total. The van der Waals surface area contributed by atoms with Crippen molar-refractivity contribution in [1.82, 2.24) is 4.98 Å². The zero-order valence-electron chi connectivity index (χ0n) is 20.0. The van der Waals surface area contributed by atoms with Crippen LogP contribution in [0.3, 0.4) is 0 Å². The largest absolute Gasteiger partial charge is 0.493 e. The van der Waals surface area contributed by atoms with Crippen LogP contribution in [0.5, 0.6) is 11.5 Å². The number of carbonyl (C=O) groups is 1. The molecule has 1 N–H and O–H groups in total. The summed E-state index contributed by atoms with van der Waals surface area (Å²) < 4.78 is 17.5. The van der Waals surface area contributed by atoms with Gasteiger partial charge in [-0.15, -0.1) is 0 Å². The lowest BCUT2D eigenvalue weighted by Crippen LogP contribution is -2.29. The molecule has 0 unspecified atom stereocenters. The molecule has 1 saturated carbocycles. The van der Waals surface area contributed by atoms with Crippen molar-refractivity contribution in [2.75, 3.05) is 6.61 Å². The number of aromatic nitrogens is 1. The first-order valence-electron chi connectivity index (χ1n) is 12.1. The van der Waals surface area contributed by atoms with E-state index in [1.165, 1.54) is 32.1 Å². The summed E-state index contributed by atoms with van der Waals surface area (Å²) in [4.78, 5) is 16.4. The molecule has 3 aromatic rings. The maximum Gasteiger partial charge on any atom is 0.345 e. The Balaban J connectivity index is 1.28. The van der Waals surface area contributed by atoms with Gasteiger partial charge < -0.3 is 19.0 Å². The Kier molecular flexibility index (Phi) is 7.88. The third-order valence-electron chi connectivity index (χ3n) is 6.39. The van der Waals surface area contributed by atoms with Crippen molar-refractivity contribution in [2.24, 2.45) is 0 Å². The highest BCUT2D eigenvalue weighted by Crippen LogP contribution is 2.33. The molecule has 2 aromatic carbocycles. The fourth-order valence-corrected chi connectivity index (χ4v) is 4.37. The molecule has 1 aliphatic rings. The van der Waals surface area contributed by atoms with Crippen LogP contribution in [0.25, 0.3) is 0 Å². The highest BCUT2D eigenvalue weighted by Gasteiger charge is 2.22. The van der Waals surface area contributed by atoms with Crippen LogP contribution < -0.4 is 9.47 Å². The Bertz CT molecular complexity index is 1070. The van der Waals surface area contributed by atoms with Crippen molar-refractivity contribution in [3.05, 3.63) is 77.0 Å². The summed E-state index contributed by atoms with van der Waals surface area (Å²) in [6.07, 6.45) is 6.16. The molecule has 0 spiro atoms. The molecule has 34 heavy (non-hydrogen) atoms. The molecular weight excluding hydrogens is 430 g/mol. The molecule has 1 aliphatic carbocycles. The van der Waals surface area contributed by atoms with Gasteiger partial charge in [0.05, 0.1) is 12.3 Å². The van der Waals surface area contributed by atoms with E-state index in [2.05, 4.69) is 0 Å². The number of nitrogens with zero attached hydrogens (tertiary/aromatic N) is 1. The number of hydrogen-bond donors (Lipinski definition) is 1. The second kappa shape index (κ2) is 11.2. The Morgan fingerprint density at radius 2 is 1.71 bits per heavy atom. The minimum atomic E-state index is -0.989. The summed E-state index contributed by atoms with van der Waals surface area (Å²) in [6.45, 7) is 4.45. The van der Waals surface area contributed by atoms with Crippen LogP contribution in [0.1, 0.15) is 66.5 Å². The second-order valence-electron chi connectivity index (χ2n) is 9.09. The Morgan fingerprint density at radius 3 is 2.38 bits per heavy atom. The maximum atomic E-state index is 11.7. The summed E-state index contributed by atoms with van der Waals surface area (Å²) in [5, 5.41) is 9.57. The van der Waals surface area contributed by atoms with Gasteiger partial charge in [-0.2, -0.15) is 0 Å². The quantitative estimate of drug-likeness (QED) is 0.395. The summed E-state index contributed by atoms with van der Waals surface area (Å²) in [5.41, 5.74) is 2.93. The van der Waals surface area contributed by atoms with Gasteiger partial charge in [0.15, 0.2) is 12.0 Å². The van der Waals surface area contributed by atoms with Crippen molar-refractivity contribution in [2.45, 2.75) is 70.8 Å². The van der Waals surface area contributed by atoms with E-state index in [1.807, 2.05) is 50.2 Å². The monoisotopic (exact) mass is 463 g/mol.